The molecular weight excluding hydrogens is 398 g/mol. The smallest absolute Gasteiger partial charge is 0.239 e. The number of nitrogens with one attached hydrogen (secondary N) is 2. The Morgan fingerprint density at radius 1 is 1.36 bits per heavy atom. The number of carbonyl (C=O) groups is 1. The summed E-state index contributed by atoms with van der Waals surface area (Å²) >= 11 is 0. The molecule has 22 heavy (non-hydrogen) atoms. The molecule has 0 radical (unpaired) electrons. The molecule has 1 amide bonds. The molecule has 7 heteroatoms. The standard InChI is InChI=1S/C15H23FN4O.HI/c1-4-8-18-14(21)10-19-15(17-2)20(3)11-12-6-5-7-13(16)9-12;/h5-7,9H,4,8,10-11H2,1-3H3,(H,17,19)(H,18,21);1H. The van der Waals surface area contributed by atoms with Crippen molar-refractivity contribution in [3.05, 3.63) is 35.6 Å². The summed E-state index contributed by atoms with van der Waals surface area (Å²) in [4.78, 5) is 17.5. The first kappa shape index (κ1) is 20.6. The van der Waals surface area contributed by atoms with Crippen LogP contribution in [-0.4, -0.2) is 44.0 Å². The lowest BCUT2D eigenvalue weighted by Crippen LogP contribution is -2.43. The third-order valence-corrected chi connectivity index (χ3v) is 2.86. The largest absolute Gasteiger partial charge is 0.355 e. The van der Waals surface area contributed by atoms with Crippen LogP contribution in [0.4, 0.5) is 4.39 Å². The second kappa shape index (κ2) is 11.2. The third-order valence-electron chi connectivity index (χ3n) is 2.86. The van der Waals surface area contributed by atoms with Crippen LogP contribution >= 0.6 is 24.0 Å². The number of rotatable bonds is 6. The summed E-state index contributed by atoms with van der Waals surface area (Å²) in [5.41, 5.74) is 0.843. The minimum atomic E-state index is -0.261. The van der Waals surface area contributed by atoms with Crippen molar-refractivity contribution in [2.45, 2.75) is 19.9 Å². The normalized spacial score (nSPS) is 10.6. The molecule has 1 aromatic rings. The summed E-state index contributed by atoms with van der Waals surface area (Å²) in [5, 5.41) is 5.77. The molecule has 0 bridgehead atoms. The topological polar surface area (TPSA) is 56.7 Å². The zero-order valence-electron chi connectivity index (χ0n) is 13.2. The fourth-order valence-corrected chi connectivity index (χ4v) is 1.86. The van der Waals surface area contributed by atoms with E-state index in [0.29, 0.717) is 19.0 Å². The second-order valence-corrected chi connectivity index (χ2v) is 4.74. The van der Waals surface area contributed by atoms with Crippen LogP contribution in [0.2, 0.25) is 0 Å². The summed E-state index contributed by atoms with van der Waals surface area (Å²) < 4.78 is 13.2. The van der Waals surface area contributed by atoms with Crippen LogP contribution in [0.1, 0.15) is 18.9 Å². The van der Waals surface area contributed by atoms with Crippen molar-refractivity contribution in [3.63, 3.8) is 0 Å². The molecule has 0 saturated heterocycles. The molecule has 2 N–H and O–H groups in total. The molecular formula is C15H24FIN4O. The van der Waals surface area contributed by atoms with Gasteiger partial charge < -0.3 is 15.5 Å². The summed E-state index contributed by atoms with van der Waals surface area (Å²) in [5.74, 6) is 0.255. The van der Waals surface area contributed by atoms with Gasteiger partial charge in [0.2, 0.25) is 5.91 Å². The number of benzene rings is 1. The highest BCUT2D eigenvalue weighted by Gasteiger charge is 2.08. The molecule has 1 rings (SSSR count). The van der Waals surface area contributed by atoms with Gasteiger partial charge in [0, 0.05) is 27.2 Å². The van der Waals surface area contributed by atoms with Crippen molar-refractivity contribution in [2.75, 3.05) is 27.2 Å². The Morgan fingerprint density at radius 2 is 2.09 bits per heavy atom. The molecule has 124 valence electrons. The van der Waals surface area contributed by atoms with Crippen LogP contribution in [0.5, 0.6) is 0 Å². The van der Waals surface area contributed by atoms with E-state index in [2.05, 4.69) is 15.6 Å². The molecule has 0 aliphatic rings. The van der Waals surface area contributed by atoms with Gasteiger partial charge in [-0.3, -0.25) is 9.79 Å². The highest BCUT2D eigenvalue weighted by atomic mass is 127. The first-order valence-electron chi connectivity index (χ1n) is 6.99. The molecule has 0 aliphatic heterocycles. The Bertz CT molecular complexity index is 496. The lowest BCUT2D eigenvalue weighted by Gasteiger charge is -2.22. The van der Waals surface area contributed by atoms with Gasteiger partial charge in [-0.05, 0) is 24.1 Å². The van der Waals surface area contributed by atoms with Crippen LogP contribution in [0.25, 0.3) is 0 Å². The first-order valence-corrected chi connectivity index (χ1v) is 6.99. The molecule has 0 fully saturated rings. The number of nitrogens with zero attached hydrogens (tertiary/aromatic N) is 2. The number of carbonyl (C=O) groups excluding carboxylic acids is 1. The molecule has 0 spiro atoms. The molecule has 0 unspecified atom stereocenters. The van der Waals surface area contributed by atoms with Crippen LogP contribution in [0, 0.1) is 5.82 Å². The van der Waals surface area contributed by atoms with Gasteiger partial charge >= 0.3 is 0 Å². The van der Waals surface area contributed by atoms with Gasteiger partial charge in [0.25, 0.3) is 0 Å². The van der Waals surface area contributed by atoms with Crippen molar-refractivity contribution in [1.82, 2.24) is 15.5 Å². The van der Waals surface area contributed by atoms with Crippen molar-refractivity contribution >= 4 is 35.8 Å². The third kappa shape index (κ3) is 7.58. The van der Waals surface area contributed by atoms with E-state index in [1.54, 1.807) is 13.1 Å². The fraction of sp³-hybridized carbons (Fsp3) is 0.467. The van der Waals surface area contributed by atoms with Gasteiger partial charge in [0.1, 0.15) is 5.82 Å². The van der Waals surface area contributed by atoms with E-state index >= 15 is 0 Å². The van der Waals surface area contributed by atoms with E-state index in [1.165, 1.54) is 12.1 Å². The second-order valence-electron chi connectivity index (χ2n) is 4.74. The zero-order valence-corrected chi connectivity index (χ0v) is 15.6. The minimum absolute atomic E-state index is 0. The Morgan fingerprint density at radius 3 is 2.68 bits per heavy atom. The van der Waals surface area contributed by atoms with Crippen LogP contribution in [0.15, 0.2) is 29.3 Å². The maximum atomic E-state index is 13.2. The number of hydrogen-bond donors (Lipinski definition) is 2. The van der Waals surface area contributed by atoms with Gasteiger partial charge in [-0.1, -0.05) is 19.1 Å². The number of aliphatic imine (C=N–C) groups is 1. The molecule has 0 aromatic heterocycles. The van der Waals surface area contributed by atoms with E-state index in [-0.39, 0.29) is 42.2 Å². The zero-order chi connectivity index (χ0) is 15.7. The maximum absolute atomic E-state index is 13.2. The Kier molecular flexibility index (Phi) is 10.5. The van der Waals surface area contributed by atoms with Crippen molar-refractivity contribution in [3.8, 4) is 0 Å². The van der Waals surface area contributed by atoms with Crippen LogP contribution in [-0.2, 0) is 11.3 Å². The minimum Gasteiger partial charge on any atom is -0.355 e. The quantitative estimate of drug-likeness (QED) is 0.419. The molecule has 0 atom stereocenters. The van der Waals surface area contributed by atoms with E-state index in [9.17, 15) is 9.18 Å². The molecule has 0 saturated carbocycles. The molecule has 1 aromatic carbocycles. The van der Waals surface area contributed by atoms with Gasteiger partial charge in [-0.15, -0.1) is 24.0 Å². The molecule has 0 heterocycles. The lowest BCUT2D eigenvalue weighted by molar-refractivity contribution is -0.120. The Balaban J connectivity index is 0.00000441. The van der Waals surface area contributed by atoms with Gasteiger partial charge in [0.05, 0.1) is 6.54 Å². The summed E-state index contributed by atoms with van der Waals surface area (Å²) in [6.45, 7) is 3.34. The van der Waals surface area contributed by atoms with Crippen molar-refractivity contribution in [2.24, 2.45) is 4.99 Å². The number of hydrogen-bond acceptors (Lipinski definition) is 2. The van der Waals surface area contributed by atoms with E-state index in [4.69, 9.17) is 0 Å². The predicted molar refractivity (Wildman–Crippen MR) is 97.9 cm³/mol. The monoisotopic (exact) mass is 422 g/mol. The van der Waals surface area contributed by atoms with Crippen molar-refractivity contribution < 1.29 is 9.18 Å². The SMILES string of the molecule is CCCNC(=O)CNC(=NC)N(C)Cc1cccc(F)c1.I. The fourth-order valence-electron chi connectivity index (χ4n) is 1.86. The van der Waals surface area contributed by atoms with Gasteiger partial charge in [0.15, 0.2) is 5.96 Å². The first-order chi connectivity index (χ1) is 10.1. The van der Waals surface area contributed by atoms with Crippen LogP contribution < -0.4 is 10.6 Å². The average Bonchev–Trinajstić information content (AvgIpc) is 2.45. The highest BCUT2D eigenvalue weighted by Crippen LogP contribution is 2.06. The van der Waals surface area contributed by atoms with E-state index in [1.807, 2.05) is 24.9 Å². The number of halogens is 2. The van der Waals surface area contributed by atoms with Gasteiger partial charge in [-0.25, -0.2) is 4.39 Å². The average molecular weight is 422 g/mol. The lowest BCUT2D eigenvalue weighted by atomic mass is 10.2. The van der Waals surface area contributed by atoms with Gasteiger partial charge in [-0.2, -0.15) is 0 Å². The van der Waals surface area contributed by atoms with E-state index in [0.717, 1.165) is 12.0 Å². The van der Waals surface area contributed by atoms with Crippen LogP contribution in [0.3, 0.4) is 0 Å². The Hall–Kier alpha value is -1.38. The Labute approximate surface area is 148 Å². The number of amides is 1. The maximum Gasteiger partial charge on any atom is 0.239 e. The number of guanidine groups is 1. The summed E-state index contributed by atoms with van der Waals surface area (Å²) in [7, 11) is 3.48. The highest BCUT2D eigenvalue weighted by molar-refractivity contribution is 14.0. The predicted octanol–water partition coefficient (Wildman–Crippen LogP) is 1.98. The van der Waals surface area contributed by atoms with Crippen molar-refractivity contribution in [1.29, 1.82) is 0 Å². The molecule has 5 nitrogen and oxygen atoms in total. The van der Waals surface area contributed by atoms with E-state index < -0.39 is 0 Å². The molecule has 0 aliphatic carbocycles. The summed E-state index contributed by atoms with van der Waals surface area (Å²) in [6.07, 6.45) is 0.903. The summed E-state index contributed by atoms with van der Waals surface area (Å²) in [6, 6.07) is 6.42.